The van der Waals surface area contributed by atoms with Gasteiger partial charge in [-0.2, -0.15) is 10.3 Å². The van der Waals surface area contributed by atoms with Gasteiger partial charge in [-0.3, -0.25) is 0 Å². The number of pyridine rings is 1. The average Bonchev–Trinajstić information content (AvgIpc) is 3.34. The molecule has 4 aromatic rings. The third kappa shape index (κ3) is 2.67. The van der Waals surface area contributed by atoms with Crippen LogP contribution in [0.4, 0.5) is 0 Å². The molecule has 1 unspecified atom stereocenters. The van der Waals surface area contributed by atoms with Crippen LogP contribution in [0.15, 0.2) is 60.9 Å². The SMILES string of the molecule is CC(c1ccccc1)c1ccn(-c2cc(-c3nn[nH]n3)ccn2)n1. The maximum Gasteiger partial charge on any atom is 0.204 e. The van der Waals surface area contributed by atoms with E-state index in [4.69, 9.17) is 0 Å². The normalized spacial score (nSPS) is 12.2. The second-order valence-corrected chi connectivity index (χ2v) is 5.46. The second-order valence-electron chi connectivity index (χ2n) is 5.46. The Labute approximate surface area is 138 Å². The number of benzene rings is 1. The van der Waals surface area contributed by atoms with Crippen LogP contribution in [0.2, 0.25) is 0 Å². The molecule has 0 aliphatic rings. The first-order valence-corrected chi connectivity index (χ1v) is 7.62. The zero-order valence-corrected chi connectivity index (χ0v) is 13.0. The van der Waals surface area contributed by atoms with E-state index in [1.807, 2.05) is 42.6 Å². The van der Waals surface area contributed by atoms with Gasteiger partial charge < -0.3 is 0 Å². The Balaban J connectivity index is 1.65. The molecule has 0 spiro atoms. The first-order chi connectivity index (χ1) is 11.8. The lowest BCUT2D eigenvalue weighted by atomic mass is 9.98. The van der Waals surface area contributed by atoms with Crippen LogP contribution >= 0.6 is 0 Å². The average molecular weight is 317 g/mol. The minimum atomic E-state index is 0.216. The van der Waals surface area contributed by atoms with Gasteiger partial charge >= 0.3 is 0 Å². The van der Waals surface area contributed by atoms with Crippen LogP contribution in [0.1, 0.15) is 24.1 Å². The standard InChI is InChI=1S/C17H15N7/c1-12(13-5-3-2-4-6-13)15-8-10-24(21-15)16-11-14(7-9-18-16)17-19-22-23-20-17/h2-12H,1H3,(H,19,20,22,23). The van der Waals surface area contributed by atoms with Gasteiger partial charge in [0, 0.05) is 23.9 Å². The summed E-state index contributed by atoms with van der Waals surface area (Å²) < 4.78 is 1.76. The van der Waals surface area contributed by atoms with Crippen LogP contribution < -0.4 is 0 Å². The molecule has 24 heavy (non-hydrogen) atoms. The Morgan fingerprint density at radius 3 is 2.75 bits per heavy atom. The van der Waals surface area contributed by atoms with Crippen LogP contribution in [0.5, 0.6) is 0 Å². The molecular formula is C17H15N7. The van der Waals surface area contributed by atoms with E-state index in [0.717, 1.165) is 11.3 Å². The molecule has 7 heteroatoms. The van der Waals surface area contributed by atoms with E-state index in [2.05, 4.69) is 49.8 Å². The molecule has 4 rings (SSSR count). The minimum absolute atomic E-state index is 0.216. The highest BCUT2D eigenvalue weighted by atomic mass is 15.5. The summed E-state index contributed by atoms with van der Waals surface area (Å²) in [6.07, 6.45) is 3.63. The number of nitrogens with one attached hydrogen (secondary N) is 1. The summed E-state index contributed by atoms with van der Waals surface area (Å²) in [6, 6.07) is 16.1. The molecule has 0 aliphatic heterocycles. The van der Waals surface area contributed by atoms with Crippen molar-refractivity contribution in [3.05, 3.63) is 72.2 Å². The molecule has 0 radical (unpaired) electrons. The van der Waals surface area contributed by atoms with E-state index >= 15 is 0 Å². The Hall–Kier alpha value is -3.35. The van der Waals surface area contributed by atoms with Gasteiger partial charge in [-0.1, -0.05) is 37.3 Å². The van der Waals surface area contributed by atoms with Crippen LogP contribution in [0.25, 0.3) is 17.2 Å². The third-order valence-electron chi connectivity index (χ3n) is 3.94. The molecule has 1 aromatic carbocycles. The molecule has 1 atom stereocenters. The van der Waals surface area contributed by atoms with Crippen molar-refractivity contribution >= 4 is 0 Å². The van der Waals surface area contributed by atoms with Gasteiger partial charge in [0.2, 0.25) is 5.82 Å². The summed E-state index contributed by atoms with van der Waals surface area (Å²) in [5.41, 5.74) is 3.06. The summed E-state index contributed by atoms with van der Waals surface area (Å²) in [4.78, 5) is 4.38. The van der Waals surface area contributed by atoms with Crippen molar-refractivity contribution in [2.75, 3.05) is 0 Å². The molecule has 0 aliphatic carbocycles. The quantitative estimate of drug-likeness (QED) is 0.625. The number of rotatable bonds is 4. The van der Waals surface area contributed by atoms with Crippen LogP contribution in [0, 0.1) is 0 Å². The maximum atomic E-state index is 4.67. The van der Waals surface area contributed by atoms with E-state index in [0.29, 0.717) is 11.6 Å². The zero-order valence-electron chi connectivity index (χ0n) is 13.0. The molecule has 0 saturated heterocycles. The number of H-pyrrole nitrogens is 1. The van der Waals surface area contributed by atoms with Crippen LogP contribution in [-0.4, -0.2) is 35.4 Å². The maximum absolute atomic E-state index is 4.67. The van der Waals surface area contributed by atoms with Crippen molar-refractivity contribution in [3.63, 3.8) is 0 Å². The van der Waals surface area contributed by atoms with Gasteiger partial charge in [-0.25, -0.2) is 9.67 Å². The molecule has 7 nitrogen and oxygen atoms in total. The van der Waals surface area contributed by atoms with E-state index in [1.54, 1.807) is 10.9 Å². The minimum Gasteiger partial charge on any atom is -0.237 e. The van der Waals surface area contributed by atoms with E-state index in [-0.39, 0.29) is 5.92 Å². The summed E-state index contributed by atoms with van der Waals surface area (Å²) in [5, 5.41) is 18.7. The highest BCUT2D eigenvalue weighted by molar-refractivity contribution is 5.55. The lowest BCUT2D eigenvalue weighted by molar-refractivity contribution is 0.779. The summed E-state index contributed by atoms with van der Waals surface area (Å²) >= 11 is 0. The first kappa shape index (κ1) is 14.3. The zero-order chi connectivity index (χ0) is 16.4. The number of aromatic nitrogens is 7. The Morgan fingerprint density at radius 2 is 1.96 bits per heavy atom. The highest BCUT2D eigenvalue weighted by Gasteiger charge is 2.13. The largest absolute Gasteiger partial charge is 0.237 e. The topological polar surface area (TPSA) is 85.2 Å². The van der Waals surface area contributed by atoms with E-state index in [9.17, 15) is 0 Å². The van der Waals surface area contributed by atoms with Gasteiger partial charge in [-0.15, -0.1) is 10.2 Å². The molecule has 118 valence electrons. The fourth-order valence-electron chi connectivity index (χ4n) is 2.58. The smallest absolute Gasteiger partial charge is 0.204 e. The van der Waals surface area contributed by atoms with Crippen LogP contribution in [0.3, 0.4) is 0 Å². The predicted molar refractivity (Wildman–Crippen MR) is 88.5 cm³/mol. The molecule has 3 heterocycles. The number of aromatic amines is 1. The van der Waals surface area contributed by atoms with E-state index < -0.39 is 0 Å². The molecule has 0 saturated carbocycles. The van der Waals surface area contributed by atoms with Gasteiger partial charge in [0.1, 0.15) is 0 Å². The number of hydrogen-bond acceptors (Lipinski definition) is 5. The van der Waals surface area contributed by atoms with Crippen molar-refractivity contribution < 1.29 is 0 Å². The monoisotopic (exact) mass is 317 g/mol. The lowest BCUT2D eigenvalue weighted by Gasteiger charge is -2.08. The van der Waals surface area contributed by atoms with Gasteiger partial charge in [0.25, 0.3) is 0 Å². The van der Waals surface area contributed by atoms with Gasteiger partial charge in [-0.05, 0) is 29.0 Å². The molecule has 0 amide bonds. The second kappa shape index (κ2) is 6.04. The molecule has 0 bridgehead atoms. The van der Waals surface area contributed by atoms with Crippen molar-refractivity contribution in [1.29, 1.82) is 0 Å². The Morgan fingerprint density at radius 1 is 1.08 bits per heavy atom. The van der Waals surface area contributed by atoms with Crippen molar-refractivity contribution in [1.82, 2.24) is 35.4 Å². The van der Waals surface area contributed by atoms with E-state index in [1.165, 1.54) is 5.56 Å². The highest BCUT2D eigenvalue weighted by Crippen LogP contribution is 2.23. The van der Waals surface area contributed by atoms with Gasteiger partial charge in [0.05, 0.1) is 5.69 Å². The number of tetrazole rings is 1. The molecule has 0 fully saturated rings. The van der Waals surface area contributed by atoms with Crippen LogP contribution in [-0.2, 0) is 0 Å². The Kier molecular flexibility index (Phi) is 3.59. The van der Waals surface area contributed by atoms with Gasteiger partial charge in [0.15, 0.2) is 5.82 Å². The summed E-state index contributed by atoms with van der Waals surface area (Å²) in [5.74, 6) is 1.46. The van der Waals surface area contributed by atoms with Crippen molar-refractivity contribution in [2.45, 2.75) is 12.8 Å². The number of hydrogen-bond donors (Lipinski definition) is 1. The predicted octanol–water partition coefficient (Wildman–Crippen LogP) is 2.60. The molecule has 1 N–H and O–H groups in total. The molecule has 3 aromatic heterocycles. The summed E-state index contributed by atoms with van der Waals surface area (Å²) in [6.45, 7) is 2.14. The first-order valence-electron chi connectivity index (χ1n) is 7.62. The lowest BCUT2D eigenvalue weighted by Crippen LogP contribution is -2.02. The third-order valence-corrected chi connectivity index (χ3v) is 3.94. The number of nitrogens with zero attached hydrogens (tertiary/aromatic N) is 6. The van der Waals surface area contributed by atoms with Crippen molar-refractivity contribution in [3.8, 4) is 17.2 Å². The van der Waals surface area contributed by atoms with Crippen molar-refractivity contribution in [2.24, 2.45) is 0 Å². The molecular weight excluding hydrogens is 302 g/mol. The fraction of sp³-hybridized carbons (Fsp3) is 0.118. The summed E-state index contributed by atoms with van der Waals surface area (Å²) in [7, 11) is 0. The Bertz CT molecular complexity index is 929. The fourth-order valence-corrected chi connectivity index (χ4v) is 2.58.